The van der Waals surface area contributed by atoms with E-state index in [0.29, 0.717) is 16.9 Å². The fourth-order valence-corrected chi connectivity index (χ4v) is 2.29. The van der Waals surface area contributed by atoms with Crippen LogP contribution in [0, 0.1) is 16.7 Å². The minimum atomic E-state index is 0.323. The third-order valence-corrected chi connectivity index (χ3v) is 3.53. The number of rotatable bonds is 1. The van der Waals surface area contributed by atoms with E-state index in [2.05, 4.69) is 41.5 Å². The summed E-state index contributed by atoms with van der Waals surface area (Å²) in [5.41, 5.74) is 0.964. The van der Waals surface area contributed by atoms with Gasteiger partial charge in [-0.2, -0.15) is 0 Å². The Kier molecular flexibility index (Phi) is 5.67. The molecule has 1 aliphatic carbocycles. The van der Waals surface area contributed by atoms with Crippen LogP contribution in [-0.2, 0) is 9.47 Å². The van der Waals surface area contributed by atoms with E-state index in [-0.39, 0.29) is 0 Å². The second-order valence-electron chi connectivity index (χ2n) is 7.97. The average Bonchev–Trinajstić information content (AvgIpc) is 2.98. The molecule has 2 fully saturated rings. The van der Waals surface area contributed by atoms with E-state index in [0.717, 1.165) is 32.2 Å². The molecule has 2 nitrogen and oxygen atoms in total. The highest BCUT2D eigenvalue weighted by Crippen LogP contribution is 2.44. The molecule has 0 N–H and O–H groups in total. The van der Waals surface area contributed by atoms with Gasteiger partial charge in [0.15, 0.2) is 0 Å². The SMILES string of the molecule is CC(C)(C)C1CC1.CC(C)(C)CC1COCCO1. The Morgan fingerprint density at radius 2 is 1.56 bits per heavy atom. The Morgan fingerprint density at radius 1 is 0.944 bits per heavy atom. The van der Waals surface area contributed by atoms with Gasteiger partial charge < -0.3 is 9.47 Å². The maximum Gasteiger partial charge on any atom is 0.0814 e. The summed E-state index contributed by atoms with van der Waals surface area (Å²) < 4.78 is 10.8. The van der Waals surface area contributed by atoms with Crippen molar-refractivity contribution in [2.75, 3.05) is 19.8 Å². The van der Waals surface area contributed by atoms with Crippen molar-refractivity contribution in [3.8, 4) is 0 Å². The fraction of sp³-hybridized carbons (Fsp3) is 1.00. The van der Waals surface area contributed by atoms with Gasteiger partial charge in [0.25, 0.3) is 0 Å². The molecule has 0 spiro atoms. The first kappa shape index (κ1) is 16.0. The zero-order valence-electron chi connectivity index (χ0n) is 13.2. The predicted octanol–water partition coefficient (Wildman–Crippen LogP) is 4.28. The highest BCUT2D eigenvalue weighted by molar-refractivity contribution is 4.84. The van der Waals surface area contributed by atoms with E-state index >= 15 is 0 Å². The molecule has 1 saturated heterocycles. The van der Waals surface area contributed by atoms with Gasteiger partial charge in [-0.1, -0.05) is 41.5 Å². The van der Waals surface area contributed by atoms with Crippen LogP contribution in [0.4, 0.5) is 0 Å². The van der Waals surface area contributed by atoms with Crippen molar-refractivity contribution in [3.63, 3.8) is 0 Å². The van der Waals surface area contributed by atoms with Crippen molar-refractivity contribution in [3.05, 3.63) is 0 Å². The van der Waals surface area contributed by atoms with E-state index in [4.69, 9.17) is 9.47 Å². The predicted molar refractivity (Wildman–Crippen MR) is 76.8 cm³/mol. The molecule has 0 aromatic heterocycles. The number of hydrogen-bond acceptors (Lipinski definition) is 2. The lowest BCUT2D eigenvalue weighted by molar-refractivity contribution is -0.100. The molecule has 0 amide bonds. The summed E-state index contributed by atoms with van der Waals surface area (Å²) in [4.78, 5) is 0. The van der Waals surface area contributed by atoms with Gasteiger partial charge in [-0.25, -0.2) is 0 Å². The molecule has 2 rings (SSSR count). The maximum absolute atomic E-state index is 5.53. The molecule has 0 radical (unpaired) electrons. The zero-order chi connectivity index (χ0) is 13.8. The molecule has 1 unspecified atom stereocenters. The van der Waals surface area contributed by atoms with Crippen LogP contribution in [0.25, 0.3) is 0 Å². The standard InChI is InChI=1S/C9H18O2.C7H14/c1-9(2,3)6-8-7-10-4-5-11-8;1-7(2,3)6-4-5-6/h8H,4-7H2,1-3H3;6H,4-5H2,1-3H3. The molecule has 0 bridgehead atoms. The molecule has 18 heavy (non-hydrogen) atoms. The van der Waals surface area contributed by atoms with Gasteiger partial charge >= 0.3 is 0 Å². The van der Waals surface area contributed by atoms with Crippen molar-refractivity contribution in [2.45, 2.75) is 66.9 Å². The second-order valence-corrected chi connectivity index (χ2v) is 7.97. The molecular weight excluding hydrogens is 224 g/mol. The third kappa shape index (κ3) is 7.38. The molecule has 2 aliphatic rings. The van der Waals surface area contributed by atoms with E-state index in [1.165, 1.54) is 12.8 Å². The lowest BCUT2D eigenvalue weighted by atomic mass is 9.89. The van der Waals surface area contributed by atoms with Crippen molar-refractivity contribution >= 4 is 0 Å². The lowest BCUT2D eigenvalue weighted by Gasteiger charge is -2.28. The maximum atomic E-state index is 5.53. The van der Waals surface area contributed by atoms with Crippen molar-refractivity contribution < 1.29 is 9.47 Å². The Balaban J connectivity index is 0.000000199. The van der Waals surface area contributed by atoms with Crippen LogP contribution in [0.2, 0.25) is 0 Å². The summed E-state index contributed by atoms with van der Waals surface area (Å²) >= 11 is 0. The quantitative estimate of drug-likeness (QED) is 0.697. The van der Waals surface area contributed by atoms with Crippen molar-refractivity contribution in [1.82, 2.24) is 0 Å². The van der Waals surface area contributed by atoms with E-state index in [1.807, 2.05) is 0 Å². The highest BCUT2D eigenvalue weighted by Gasteiger charge is 2.33. The molecule has 2 heteroatoms. The first-order chi connectivity index (χ1) is 8.18. The molecular formula is C16H32O2. The van der Waals surface area contributed by atoms with Gasteiger partial charge in [-0.3, -0.25) is 0 Å². The second kappa shape index (κ2) is 6.38. The Hall–Kier alpha value is -0.0800. The first-order valence-electron chi connectivity index (χ1n) is 7.38. The highest BCUT2D eigenvalue weighted by atomic mass is 16.6. The van der Waals surface area contributed by atoms with Crippen LogP contribution in [0.5, 0.6) is 0 Å². The number of ether oxygens (including phenoxy) is 2. The van der Waals surface area contributed by atoms with Gasteiger partial charge in [-0.15, -0.1) is 0 Å². The molecule has 1 aliphatic heterocycles. The Labute approximate surface area is 113 Å². The van der Waals surface area contributed by atoms with E-state index < -0.39 is 0 Å². The third-order valence-electron chi connectivity index (χ3n) is 3.53. The summed E-state index contributed by atoms with van der Waals surface area (Å²) in [6.07, 6.45) is 4.36. The lowest BCUT2D eigenvalue weighted by Crippen LogP contribution is -2.31. The van der Waals surface area contributed by atoms with Gasteiger partial charge in [0.1, 0.15) is 0 Å². The van der Waals surface area contributed by atoms with Crippen LogP contribution in [0.3, 0.4) is 0 Å². The van der Waals surface area contributed by atoms with Crippen molar-refractivity contribution in [1.29, 1.82) is 0 Å². The first-order valence-corrected chi connectivity index (χ1v) is 7.38. The molecule has 1 atom stereocenters. The largest absolute Gasteiger partial charge is 0.376 e. The summed E-state index contributed by atoms with van der Waals surface area (Å²) in [5.74, 6) is 1.05. The molecule has 108 valence electrons. The normalized spacial score (nSPS) is 25.3. The van der Waals surface area contributed by atoms with E-state index in [1.54, 1.807) is 0 Å². The summed E-state index contributed by atoms with van der Waals surface area (Å²) in [7, 11) is 0. The minimum absolute atomic E-state index is 0.323. The van der Waals surface area contributed by atoms with Gasteiger partial charge in [0, 0.05) is 0 Å². The zero-order valence-corrected chi connectivity index (χ0v) is 13.2. The summed E-state index contributed by atoms with van der Waals surface area (Å²) in [6, 6.07) is 0. The Bertz CT molecular complexity index is 224. The molecule has 0 aromatic rings. The smallest absolute Gasteiger partial charge is 0.0814 e. The van der Waals surface area contributed by atoms with Crippen LogP contribution in [0.1, 0.15) is 60.8 Å². The fourth-order valence-electron chi connectivity index (χ4n) is 2.29. The summed E-state index contributed by atoms with van der Waals surface area (Å²) in [6.45, 7) is 16.0. The van der Waals surface area contributed by atoms with Crippen LogP contribution in [0.15, 0.2) is 0 Å². The van der Waals surface area contributed by atoms with E-state index in [9.17, 15) is 0 Å². The van der Waals surface area contributed by atoms with Crippen LogP contribution >= 0.6 is 0 Å². The summed E-state index contributed by atoms with van der Waals surface area (Å²) in [5, 5.41) is 0. The Morgan fingerprint density at radius 3 is 1.83 bits per heavy atom. The average molecular weight is 256 g/mol. The topological polar surface area (TPSA) is 18.5 Å². The molecule has 0 aromatic carbocycles. The van der Waals surface area contributed by atoms with Crippen LogP contribution in [-0.4, -0.2) is 25.9 Å². The van der Waals surface area contributed by atoms with Gasteiger partial charge in [0.05, 0.1) is 25.9 Å². The van der Waals surface area contributed by atoms with Crippen molar-refractivity contribution in [2.24, 2.45) is 16.7 Å². The molecule has 1 heterocycles. The minimum Gasteiger partial charge on any atom is -0.376 e. The monoisotopic (exact) mass is 256 g/mol. The molecule has 1 saturated carbocycles. The van der Waals surface area contributed by atoms with Crippen LogP contribution < -0.4 is 0 Å². The van der Waals surface area contributed by atoms with Gasteiger partial charge in [-0.05, 0) is 36.0 Å². The van der Waals surface area contributed by atoms with Gasteiger partial charge in [0.2, 0.25) is 0 Å². The number of hydrogen-bond donors (Lipinski definition) is 0.